The van der Waals surface area contributed by atoms with Crippen LogP contribution in [-0.2, 0) is 23.7 Å². The maximum atomic E-state index is 13.4. The van der Waals surface area contributed by atoms with Gasteiger partial charge in [-0.05, 0) is 89.9 Å². The molecule has 1 amide bonds. The van der Waals surface area contributed by atoms with Crippen LogP contribution in [0, 0.1) is 0 Å². The molecule has 2 aliphatic heterocycles. The minimum Gasteiger partial charge on any atom is -0.394 e. The molecule has 0 aromatic heterocycles. The van der Waals surface area contributed by atoms with Gasteiger partial charge in [0, 0.05) is 6.42 Å². The van der Waals surface area contributed by atoms with Crippen LogP contribution in [0.15, 0.2) is 122 Å². The summed E-state index contributed by atoms with van der Waals surface area (Å²) in [5, 5.41) is 87.8. The largest absolute Gasteiger partial charge is 0.394 e. The van der Waals surface area contributed by atoms with Crippen LogP contribution < -0.4 is 5.32 Å². The summed E-state index contributed by atoms with van der Waals surface area (Å²) in [7, 11) is 0. The van der Waals surface area contributed by atoms with Crippen LogP contribution in [0.1, 0.15) is 309 Å². The Kier molecular flexibility index (Phi) is 61.5. The van der Waals surface area contributed by atoms with Gasteiger partial charge in [0.05, 0.1) is 32.0 Å². The molecule has 14 heteroatoms. The van der Waals surface area contributed by atoms with Crippen LogP contribution >= 0.6 is 0 Å². The van der Waals surface area contributed by atoms with Crippen LogP contribution in [0.4, 0.5) is 0 Å². The lowest BCUT2D eigenvalue weighted by Crippen LogP contribution is -2.65. The van der Waals surface area contributed by atoms with Crippen molar-refractivity contribution in [2.24, 2.45) is 0 Å². The zero-order valence-corrected chi connectivity index (χ0v) is 61.7. The summed E-state index contributed by atoms with van der Waals surface area (Å²) >= 11 is 0. The van der Waals surface area contributed by atoms with Crippen LogP contribution in [0.2, 0.25) is 0 Å². The molecule has 0 bridgehead atoms. The number of ether oxygens (including phenoxy) is 4. The van der Waals surface area contributed by atoms with Crippen molar-refractivity contribution in [3.05, 3.63) is 122 Å². The van der Waals surface area contributed by atoms with Crippen molar-refractivity contribution in [1.82, 2.24) is 5.32 Å². The number of carbonyl (C=O) groups excluding carboxylic acids is 1. The van der Waals surface area contributed by atoms with Gasteiger partial charge in [0.1, 0.15) is 48.8 Å². The highest BCUT2D eigenvalue weighted by Crippen LogP contribution is 2.30. The Hall–Kier alpha value is -3.61. The highest BCUT2D eigenvalue weighted by atomic mass is 16.7. The number of unbranched alkanes of at least 4 members (excludes halogenated alkanes) is 32. The summed E-state index contributed by atoms with van der Waals surface area (Å²) in [6, 6.07) is -0.840. The van der Waals surface area contributed by atoms with E-state index in [0.29, 0.717) is 19.3 Å². The molecule has 12 unspecified atom stereocenters. The van der Waals surface area contributed by atoms with Crippen LogP contribution in [-0.4, -0.2) is 140 Å². The van der Waals surface area contributed by atoms with Gasteiger partial charge in [-0.25, -0.2) is 0 Å². The number of hydrogen-bond acceptors (Lipinski definition) is 13. The Balaban J connectivity index is 1.61. The second kappa shape index (κ2) is 66.6. The molecular weight excluding hydrogens is 1230 g/mol. The number of aliphatic hydroxyl groups is 8. The Bertz CT molecular complexity index is 2110. The normalized spacial score (nSPS) is 22.7. The molecule has 12 atom stereocenters. The maximum absolute atomic E-state index is 13.4. The Labute approximate surface area is 597 Å². The first-order valence-corrected chi connectivity index (χ1v) is 39.8. The van der Waals surface area contributed by atoms with Gasteiger partial charge in [-0.3, -0.25) is 4.79 Å². The predicted octanol–water partition coefficient (Wildman–Crippen LogP) is 18.0. The summed E-state index contributed by atoms with van der Waals surface area (Å²) in [5.41, 5.74) is 0. The zero-order chi connectivity index (χ0) is 70.8. The third-order valence-corrected chi connectivity index (χ3v) is 18.7. The second-order valence-electron chi connectivity index (χ2n) is 27.5. The van der Waals surface area contributed by atoms with Gasteiger partial charge >= 0.3 is 0 Å². The Morgan fingerprint density at radius 3 is 1.08 bits per heavy atom. The molecule has 0 aromatic carbocycles. The first kappa shape index (κ1) is 90.5. The van der Waals surface area contributed by atoms with E-state index in [2.05, 4.69) is 141 Å². The van der Waals surface area contributed by atoms with Gasteiger partial charge < -0.3 is 65.1 Å². The molecule has 564 valence electrons. The lowest BCUT2D eigenvalue weighted by atomic mass is 9.97. The Morgan fingerprint density at radius 2 is 0.704 bits per heavy atom. The van der Waals surface area contributed by atoms with E-state index in [4.69, 9.17) is 18.9 Å². The minimum atomic E-state index is -1.79. The molecule has 2 rings (SSSR count). The van der Waals surface area contributed by atoms with Crippen molar-refractivity contribution in [1.29, 1.82) is 0 Å². The summed E-state index contributed by atoms with van der Waals surface area (Å²) in [6.07, 6.45) is 80.8. The molecule has 0 spiro atoms. The molecule has 0 saturated carbocycles. The number of hydrogen-bond donors (Lipinski definition) is 9. The highest BCUT2D eigenvalue weighted by Gasteiger charge is 2.51. The molecule has 9 N–H and O–H groups in total. The molecule has 0 aliphatic carbocycles. The zero-order valence-electron chi connectivity index (χ0n) is 61.7. The molecule has 0 radical (unpaired) electrons. The Morgan fingerprint density at radius 1 is 0.378 bits per heavy atom. The number of carbonyl (C=O) groups is 1. The summed E-state index contributed by atoms with van der Waals surface area (Å²) in [6.45, 7) is 2.78. The quantitative estimate of drug-likeness (QED) is 0.0204. The van der Waals surface area contributed by atoms with Gasteiger partial charge in [-0.15, -0.1) is 0 Å². The fourth-order valence-corrected chi connectivity index (χ4v) is 12.4. The smallest absolute Gasteiger partial charge is 0.220 e. The van der Waals surface area contributed by atoms with Crippen molar-refractivity contribution in [2.45, 2.75) is 383 Å². The lowest BCUT2D eigenvalue weighted by molar-refractivity contribution is -0.359. The third-order valence-electron chi connectivity index (χ3n) is 18.7. The van der Waals surface area contributed by atoms with E-state index in [9.17, 15) is 45.6 Å². The number of allylic oxidation sites excluding steroid dienone is 20. The molecule has 2 aliphatic rings. The van der Waals surface area contributed by atoms with Gasteiger partial charge in [0.15, 0.2) is 12.6 Å². The van der Waals surface area contributed by atoms with Crippen LogP contribution in [0.25, 0.3) is 0 Å². The second-order valence-corrected chi connectivity index (χ2v) is 27.5. The van der Waals surface area contributed by atoms with E-state index >= 15 is 0 Å². The van der Waals surface area contributed by atoms with Gasteiger partial charge in [-0.2, -0.15) is 0 Å². The average molecular weight is 1380 g/mol. The lowest BCUT2D eigenvalue weighted by Gasteiger charge is -2.46. The molecule has 14 nitrogen and oxygen atoms in total. The topological polar surface area (TPSA) is 228 Å². The summed E-state index contributed by atoms with van der Waals surface area (Å²) < 4.78 is 23.0. The van der Waals surface area contributed by atoms with E-state index in [1.165, 1.54) is 161 Å². The van der Waals surface area contributed by atoms with E-state index in [0.717, 1.165) is 116 Å². The minimum absolute atomic E-state index is 0.212. The van der Waals surface area contributed by atoms with Gasteiger partial charge in [0.2, 0.25) is 5.91 Å². The standard InChI is InChI=1S/C84H145NO13/c1-3-5-7-9-11-13-15-17-19-21-23-25-27-28-29-30-31-32-33-34-35-36-37-38-39-40-41-42-43-44-46-48-50-52-54-56-58-60-62-64-66-68-76(89)85-72(71-95-83-81(94)79(92)82(75(70-87)97-83)98-84-80(93)78(91)77(90)74(69-86)96-84)73(88)67-65-63-61-59-57-55-53-51-49-47-45-26-24-22-20-18-16-14-12-10-8-6-4-2/h5,7,11,13,17,19,23,25,28-29,31-32,34-35,37-38,40-41,43-44,72-75,77-84,86-88,90-94H,3-4,6,8-10,12,14-16,18,20-22,24,26-27,30,33,36,39,42,45-71H2,1-2H3,(H,85,89)/b7-5-,13-11-,19-17-,25-23-,29-28-,32-31-,35-34-,38-37-,41-40-,44-43-. The third kappa shape index (κ3) is 49.1. The predicted molar refractivity (Wildman–Crippen MR) is 405 cm³/mol. The van der Waals surface area contributed by atoms with Crippen molar-refractivity contribution in [3.63, 3.8) is 0 Å². The summed E-state index contributed by atoms with van der Waals surface area (Å²) in [5.74, 6) is -0.212. The van der Waals surface area contributed by atoms with E-state index in [-0.39, 0.29) is 12.5 Å². The average Bonchev–Trinajstić information content (AvgIpc) is 0.793. The maximum Gasteiger partial charge on any atom is 0.220 e. The first-order chi connectivity index (χ1) is 48.1. The molecule has 2 fully saturated rings. The van der Waals surface area contributed by atoms with E-state index < -0.39 is 86.8 Å². The number of rotatable bonds is 65. The molecule has 98 heavy (non-hydrogen) atoms. The highest BCUT2D eigenvalue weighted by molar-refractivity contribution is 5.76. The molecule has 2 saturated heterocycles. The fraction of sp³-hybridized carbons (Fsp3) is 0.750. The molecule has 0 aromatic rings. The number of aliphatic hydroxyl groups excluding tert-OH is 8. The van der Waals surface area contributed by atoms with Crippen molar-refractivity contribution >= 4 is 5.91 Å². The molecule has 2 heterocycles. The first-order valence-electron chi connectivity index (χ1n) is 39.8. The fourth-order valence-electron chi connectivity index (χ4n) is 12.4. The van der Waals surface area contributed by atoms with Crippen LogP contribution in [0.5, 0.6) is 0 Å². The van der Waals surface area contributed by atoms with Gasteiger partial charge in [0.25, 0.3) is 0 Å². The number of amides is 1. The van der Waals surface area contributed by atoms with Crippen molar-refractivity contribution < 1.29 is 64.6 Å². The molecular formula is C84H145NO13. The van der Waals surface area contributed by atoms with Gasteiger partial charge in [-0.1, -0.05) is 334 Å². The monoisotopic (exact) mass is 1380 g/mol. The SMILES string of the molecule is CC/C=C\C/C=C\C/C=C\C/C=C\C/C=C\C/C=C\C/C=C\C/C=C\C/C=C\C/C=C\CCCCCCCCCCCCC(=O)NC(COC1OC(CO)C(OC2OC(CO)C(O)C(O)C2O)C(O)C1O)C(O)CCCCCCCCCCCCCCCCCCCCCCCCC. The van der Waals surface area contributed by atoms with E-state index in [1.807, 2.05) is 0 Å². The van der Waals surface area contributed by atoms with Crippen LogP contribution in [0.3, 0.4) is 0 Å². The van der Waals surface area contributed by atoms with Crippen molar-refractivity contribution in [3.8, 4) is 0 Å². The number of nitrogens with one attached hydrogen (secondary N) is 1. The van der Waals surface area contributed by atoms with E-state index in [1.54, 1.807) is 0 Å². The van der Waals surface area contributed by atoms with Crippen molar-refractivity contribution in [2.75, 3.05) is 19.8 Å². The summed E-state index contributed by atoms with van der Waals surface area (Å²) in [4.78, 5) is 13.4.